The zero-order chi connectivity index (χ0) is 11.4. The van der Waals surface area contributed by atoms with E-state index >= 15 is 0 Å². The Kier molecular flexibility index (Phi) is 3.74. The summed E-state index contributed by atoms with van der Waals surface area (Å²) in [7, 11) is 1.63. The monoisotopic (exact) mass is 225 g/mol. The summed E-state index contributed by atoms with van der Waals surface area (Å²) >= 11 is 5.74. The highest BCUT2D eigenvalue weighted by molar-refractivity contribution is 6.31. The van der Waals surface area contributed by atoms with E-state index in [2.05, 4.69) is 6.58 Å². The summed E-state index contributed by atoms with van der Waals surface area (Å²) in [5, 5.41) is 9.91. The Balaban J connectivity index is 2.99. The minimum Gasteiger partial charge on any atom is -0.507 e. The molecule has 0 aromatic heterocycles. The summed E-state index contributed by atoms with van der Waals surface area (Å²) in [6.45, 7) is 3.96. The Hall–Kier alpha value is -1.48. The van der Waals surface area contributed by atoms with Crippen LogP contribution in [0.4, 0.5) is 0 Å². The molecule has 80 valence electrons. The van der Waals surface area contributed by atoms with Crippen LogP contribution in [0.1, 0.15) is 10.4 Å². The maximum Gasteiger partial charge on any atom is 0.257 e. The molecule has 1 aromatic carbocycles. The van der Waals surface area contributed by atoms with E-state index in [0.29, 0.717) is 11.6 Å². The first kappa shape index (κ1) is 11.6. The Morgan fingerprint density at radius 1 is 1.67 bits per heavy atom. The fraction of sp³-hybridized carbons (Fsp3) is 0.182. The topological polar surface area (TPSA) is 40.5 Å². The van der Waals surface area contributed by atoms with E-state index in [1.54, 1.807) is 13.1 Å². The van der Waals surface area contributed by atoms with Gasteiger partial charge in [0, 0.05) is 18.6 Å². The van der Waals surface area contributed by atoms with Gasteiger partial charge in [0.25, 0.3) is 5.91 Å². The summed E-state index contributed by atoms with van der Waals surface area (Å²) in [5.41, 5.74) is 0.201. The molecule has 0 aliphatic heterocycles. The predicted molar refractivity (Wildman–Crippen MR) is 60.3 cm³/mol. The van der Waals surface area contributed by atoms with Gasteiger partial charge >= 0.3 is 0 Å². The first-order chi connectivity index (χ1) is 7.06. The van der Waals surface area contributed by atoms with Gasteiger partial charge in [0.2, 0.25) is 0 Å². The van der Waals surface area contributed by atoms with Crippen molar-refractivity contribution in [2.45, 2.75) is 0 Å². The third-order valence-electron chi connectivity index (χ3n) is 1.94. The van der Waals surface area contributed by atoms with Crippen LogP contribution in [0.5, 0.6) is 5.75 Å². The molecule has 1 N–H and O–H groups in total. The fourth-order valence-corrected chi connectivity index (χ4v) is 1.33. The largest absolute Gasteiger partial charge is 0.507 e. The van der Waals surface area contributed by atoms with Crippen LogP contribution in [-0.4, -0.2) is 29.5 Å². The van der Waals surface area contributed by atoms with E-state index in [1.807, 2.05) is 0 Å². The second-order valence-electron chi connectivity index (χ2n) is 3.14. The van der Waals surface area contributed by atoms with Crippen LogP contribution in [0.2, 0.25) is 5.02 Å². The van der Waals surface area contributed by atoms with Crippen LogP contribution in [0.25, 0.3) is 0 Å². The third-order valence-corrected chi connectivity index (χ3v) is 2.17. The van der Waals surface area contributed by atoms with Gasteiger partial charge in [-0.25, -0.2) is 0 Å². The van der Waals surface area contributed by atoms with E-state index in [1.165, 1.54) is 23.1 Å². The van der Waals surface area contributed by atoms with Crippen LogP contribution in [0.3, 0.4) is 0 Å². The van der Waals surface area contributed by atoms with Crippen LogP contribution in [-0.2, 0) is 0 Å². The van der Waals surface area contributed by atoms with Gasteiger partial charge in [-0.2, -0.15) is 0 Å². The van der Waals surface area contributed by atoms with E-state index < -0.39 is 0 Å². The van der Waals surface area contributed by atoms with E-state index in [-0.39, 0.29) is 17.2 Å². The molecule has 0 atom stereocenters. The average Bonchev–Trinajstić information content (AvgIpc) is 2.21. The van der Waals surface area contributed by atoms with Gasteiger partial charge in [0.15, 0.2) is 0 Å². The Labute approximate surface area is 93.6 Å². The number of rotatable bonds is 3. The second-order valence-corrected chi connectivity index (χ2v) is 3.57. The van der Waals surface area contributed by atoms with Crippen LogP contribution in [0, 0.1) is 0 Å². The molecule has 15 heavy (non-hydrogen) atoms. The number of amides is 1. The van der Waals surface area contributed by atoms with Crippen molar-refractivity contribution < 1.29 is 9.90 Å². The highest BCUT2D eigenvalue weighted by Gasteiger charge is 2.14. The molecule has 1 rings (SSSR count). The van der Waals surface area contributed by atoms with Crippen molar-refractivity contribution >= 4 is 17.5 Å². The smallest absolute Gasteiger partial charge is 0.257 e. The van der Waals surface area contributed by atoms with Gasteiger partial charge in [-0.3, -0.25) is 4.79 Å². The summed E-state index contributed by atoms with van der Waals surface area (Å²) in [6.07, 6.45) is 1.61. The number of hydrogen-bond donors (Lipinski definition) is 1. The number of benzene rings is 1. The second kappa shape index (κ2) is 4.84. The van der Waals surface area contributed by atoms with Crippen molar-refractivity contribution in [3.8, 4) is 5.75 Å². The lowest BCUT2D eigenvalue weighted by atomic mass is 10.2. The van der Waals surface area contributed by atoms with Crippen LogP contribution >= 0.6 is 11.6 Å². The van der Waals surface area contributed by atoms with E-state index in [9.17, 15) is 9.90 Å². The molecule has 1 aromatic rings. The number of carbonyl (C=O) groups is 1. The molecular formula is C11H12ClNO2. The summed E-state index contributed by atoms with van der Waals surface area (Å²) in [5.74, 6) is -0.352. The number of hydrogen-bond acceptors (Lipinski definition) is 2. The minimum absolute atomic E-state index is 0.0692. The standard InChI is InChI=1S/C11H12ClNO2/c1-3-6-13(2)11(15)9-7-8(12)4-5-10(9)14/h3-5,7,14H,1,6H2,2H3. The number of halogens is 1. The number of carbonyl (C=O) groups excluding carboxylic acids is 1. The average molecular weight is 226 g/mol. The predicted octanol–water partition coefficient (Wildman–Crippen LogP) is 2.30. The van der Waals surface area contributed by atoms with Crippen molar-refractivity contribution in [2.75, 3.05) is 13.6 Å². The molecule has 0 radical (unpaired) electrons. The van der Waals surface area contributed by atoms with Gasteiger partial charge in [-0.1, -0.05) is 17.7 Å². The zero-order valence-electron chi connectivity index (χ0n) is 8.40. The minimum atomic E-state index is -0.282. The maximum absolute atomic E-state index is 11.8. The molecule has 3 nitrogen and oxygen atoms in total. The molecule has 0 aliphatic carbocycles. The Bertz CT molecular complexity index is 390. The molecule has 0 bridgehead atoms. The summed E-state index contributed by atoms with van der Waals surface area (Å²) < 4.78 is 0. The van der Waals surface area contributed by atoms with Crippen molar-refractivity contribution in [1.82, 2.24) is 4.90 Å². The Morgan fingerprint density at radius 2 is 2.33 bits per heavy atom. The number of likely N-dealkylation sites (N-methyl/N-ethyl adjacent to an activating group) is 1. The molecule has 0 aliphatic rings. The van der Waals surface area contributed by atoms with E-state index in [0.717, 1.165) is 0 Å². The zero-order valence-corrected chi connectivity index (χ0v) is 9.16. The van der Waals surface area contributed by atoms with Crippen LogP contribution in [0.15, 0.2) is 30.9 Å². The van der Waals surface area contributed by atoms with Crippen molar-refractivity contribution in [1.29, 1.82) is 0 Å². The van der Waals surface area contributed by atoms with E-state index in [4.69, 9.17) is 11.6 Å². The van der Waals surface area contributed by atoms with Crippen molar-refractivity contribution in [3.05, 3.63) is 41.4 Å². The highest BCUT2D eigenvalue weighted by atomic mass is 35.5. The van der Waals surface area contributed by atoms with Gasteiger partial charge in [0.05, 0.1) is 5.56 Å². The van der Waals surface area contributed by atoms with Gasteiger partial charge < -0.3 is 10.0 Å². The summed E-state index contributed by atoms with van der Waals surface area (Å²) in [4.78, 5) is 13.2. The van der Waals surface area contributed by atoms with Crippen LogP contribution < -0.4 is 0 Å². The molecule has 4 heteroatoms. The summed E-state index contributed by atoms with van der Waals surface area (Å²) in [6, 6.07) is 4.37. The number of nitrogens with zero attached hydrogens (tertiary/aromatic N) is 1. The molecule has 1 amide bonds. The molecular weight excluding hydrogens is 214 g/mol. The van der Waals surface area contributed by atoms with Gasteiger partial charge in [0.1, 0.15) is 5.75 Å². The number of phenols is 1. The Morgan fingerprint density at radius 3 is 2.93 bits per heavy atom. The first-order valence-corrected chi connectivity index (χ1v) is 4.79. The van der Waals surface area contributed by atoms with Crippen molar-refractivity contribution in [2.24, 2.45) is 0 Å². The highest BCUT2D eigenvalue weighted by Crippen LogP contribution is 2.22. The molecule has 0 saturated carbocycles. The lowest BCUT2D eigenvalue weighted by Crippen LogP contribution is -2.26. The first-order valence-electron chi connectivity index (χ1n) is 4.41. The maximum atomic E-state index is 11.8. The third kappa shape index (κ3) is 2.73. The molecule has 0 heterocycles. The fourth-order valence-electron chi connectivity index (χ4n) is 1.16. The molecule has 0 fully saturated rings. The number of aromatic hydroxyl groups is 1. The van der Waals surface area contributed by atoms with Crippen molar-refractivity contribution in [3.63, 3.8) is 0 Å². The quantitative estimate of drug-likeness (QED) is 0.802. The lowest BCUT2D eigenvalue weighted by molar-refractivity contribution is 0.0807. The molecule has 0 spiro atoms. The number of phenolic OH excluding ortho intramolecular Hbond substituents is 1. The van der Waals surface area contributed by atoms with Gasteiger partial charge in [-0.15, -0.1) is 6.58 Å². The normalized spacial score (nSPS) is 9.73. The molecule has 0 saturated heterocycles. The SMILES string of the molecule is C=CCN(C)C(=O)c1cc(Cl)ccc1O. The lowest BCUT2D eigenvalue weighted by Gasteiger charge is -2.15. The molecule has 0 unspecified atom stereocenters. The van der Waals surface area contributed by atoms with Gasteiger partial charge in [-0.05, 0) is 18.2 Å².